The monoisotopic (exact) mass is 448 g/mol. The van der Waals surface area contributed by atoms with E-state index >= 15 is 0 Å². The smallest absolute Gasteiger partial charge is 0.247 e. The number of nitrogens with one attached hydrogen (secondary N) is 2. The molecule has 0 radical (unpaired) electrons. The first-order valence-corrected chi connectivity index (χ1v) is 11.6. The van der Waals surface area contributed by atoms with Crippen LogP contribution < -0.4 is 10.2 Å². The van der Waals surface area contributed by atoms with E-state index in [-0.39, 0.29) is 18.2 Å². The molecule has 2 aliphatic carbocycles. The van der Waals surface area contributed by atoms with Gasteiger partial charge in [-0.2, -0.15) is 14.4 Å². The van der Waals surface area contributed by atoms with Crippen molar-refractivity contribution in [2.75, 3.05) is 16.8 Å². The van der Waals surface area contributed by atoms with Gasteiger partial charge in [0.1, 0.15) is 11.6 Å². The van der Waals surface area contributed by atoms with Crippen LogP contribution in [0.3, 0.4) is 0 Å². The molecule has 3 aliphatic rings. The molecule has 1 atom stereocenters. The minimum absolute atomic E-state index is 0.0718. The van der Waals surface area contributed by atoms with Gasteiger partial charge in [0.15, 0.2) is 5.78 Å². The molecule has 2 N–H and O–H groups in total. The van der Waals surface area contributed by atoms with Gasteiger partial charge in [0.2, 0.25) is 17.8 Å². The summed E-state index contributed by atoms with van der Waals surface area (Å²) in [7, 11) is 0. The number of carbonyl (C=O) groups excluding carboxylic acids is 1. The second-order valence-electron chi connectivity index (χ2n) is 9.08. The molecule has 0 amide bonds. The van der Waals surface area contributed by atoms with E-state index in [1.807, 2.05) is 4.90 Å². The molecule has 2 fully saturated rings. The van der Waals surface area contributed by atoms with Gasteiger partial charge in [-0.05, 0) is 56.6 Å². The number of carbonyl (C=O) groups is 1. The first-order valence-electron chi connectivity index (χ1n) is 11.6. The fourth-order valence-corrected chi connectivity index (χ4v) is 4.80. The Morgan fingerprint density at radius 1 is 1.15 bits per heavy atom. The van der Waals surface area contributed by atoms with Crippen molar-refractivity contribution >= 4 is 23.5 Å². The Balaban J connectivity index is 1.25. The van der Waals surface area contributed by atoms with Gasteiger partial charge in [-0.3, -0.25) is 9.89 Å². The molecule has 10 heteroatoms. The summed E-state index contributed by atoms with van der Waals surface area (Å²) in [6.07, 6.45) is 8.43. The number of nitrogens with zero attached hydrogens (tertiary/aromatic N) is 6. The maximum absolute atomic E-state index is 13.1. The maximum Gasteiger partial charge on any atom is 0.247 e. The van der Waals surface area contributed by atoms with Gasteiger partial charge < -0.3 is 10.2 Å². The van der Waals surface area contributed by atoms with Crippen molar-refractivity contribution in [3.05, 3.63) is 46.9 Å². The number of hydrogen-bond donors (Lipinski definition) is 2. The average Bonchev–Trinajstić information content (AvgIpc) is 3.20. The van der Waals surface area contributed by atoms with Crippen LogP contribution in [-0.4, -0.2) is 48.5 Å². The van der Waals surface area contributed by atoms with E-state index in [2.05, 4.69) is 25.5 Å². The van der Waals surface area contributed by atoms with Crippen LogP contribution >= 0.6 is 0 Å². The van der Waals surface area contributed by atoms with Crippen LogP contribution in [0.5, 0.6) is 0 Å². The van der Waals surface area contributed by atoms with Gasteiger partial charge in [0.05, 0.1) is 11.7 Å². The zero-order chi connectivity index (χ0) is 22.4. The summed E-state index contributed by atoms with van der Waals surface area (Å²) in [5, 5.41) is 10.6. The summed E-state index contributed by atoms with van der Waals surface area (Å²) in [6, 6.07) is 2.60. The minimum Gasteiger partial charge on any atom is -0.331 e. The molecule has 0 aromatic carbocycles. The number of fused-ring (bicyclic) bond motifs is 1. The van der Waals surface area contributed by atoms with Crippen LogP contribution in [0.15, 0.2) is 18.3 Å². The summed E-state index contributed by atoms with van der Waals surface area (Å²) in [5.74, 6) is 2.77. The number of aromatic amines is 1. The van der Waals surface area contributed by atoms with Crippen molar-refractivity contribution < 1.29 is 9.18 Å². The molecule has 170 valence electrons. The number of pyridine rings is 1. The SMILES string of the molecule is O=C(Cc1ccc(F)nc1)C1CCCN1c1nc2c(c(Nc3n[nH]c(C4CC4)n3)n1)CCC2. The van der Waals surface area contributed by atoms with Crippen LogP contribution in [0, 0.1) is 5.95 Å². The molecule has 1 saturated heterocycles. The van der Waals surface area contributed by atoms with Crippen LogP contribution in [-0.2, 0) is 24.1 Å². The highest BCUT2D eigenvalue weighted by Gasteiger charge is 2.34. The number of hydrogen-bond acceptors (Lipinski definition) is 8. The predicted octanol–water partition coefficient (Wildman–Crippen LogP) is 3.02. The molecule has 0 bridgehead atoms. The first kappa shape index (κ1) is 20.2. The average molecular weight is 449 g/mol. The van der Waals surface area contributed by atoms with E-state index < -0.39 is 5.95 Å². The lowest BCUT2D eigenvalue weighted by Crippen LogP contribution is -2.38. The molecular formula is C23H25FN8O. The number of halogens is 1. The lowest BCUT2D eigenvalue weighted by Gasteiger charge is -2.25. The highest BCUT2D eigenvalue weighted by atomic mass is 19.1. The van der Waals surface area contributed by atoms with E-state index in [0.717, 1.165) is 74.4 Å². The lowest BCUT2D eigenvalue weighted by atomic mass is 10.0. The van der Waals surface area contributed by atoms with Crippen molar-refractivity contribution in [2.45, 2.75) is 63.3 Å². The van der Waals surface area contributed by atoms with Crippen molar-refractivity contribution in [2.24, 2.45) is 0 Å². The number of ketones is 1. The second-order valence-corrected chi connectivity index (χ2v) is 9.08. The maximum atomic E-state index is 13.1. The van der Waals surface area contributed by atoms with Crippen molar-refractivity contribution in [1.29, 1.82) is 0 Å². The molecule has 3 aromatic heterocycles. The molecule has 4 heterocycles. The zero-order valence-electron chi connectivity index (χ0n) is 18.2. The Hall–Kier alpha value is -3.43. The number of aromatic nitrogens is 6. The van der Waals surface area contributed by atoms with Gasteiger partial charge >= 0.3 is 0 Å². The third-order valence-electron chi connectivity index (χ3n) is 6.67. The fraction of sp³-hybridized carbons (Fsp3) is 0.478. The molecule has 1 unspecified atom stereocenters. The standard InChI is InChI=1S/C23H25FN8O/c24-19-9-6-13(12-25-19)11-18(33)17-5-2-10-32(17)23-26-16-4-1-3-15(16)21(29-23)28-22-27-20(30-31-22)14-7-8-14/h6,9,12,14,17H,1-5,7-8,10-11H2,(H2,26,27,28,29,30,31). The summed E-state index contributed by atoms with van der Waals surface area (Å²) in [6.45, 7) is 0.725. The second kappa shape index (κ2) is 8.17. The molecule has 9 nitrogen and oxygen atoms in total. The van der Waals surface area contributed by atoms with Crippen LogP contribution in [0.4, 0.5) is 22.1 Å². The number of H-pyrrole nitrogens is 1. The number of aryl methyl sites for hydroxylation is 1. The number of rotatable bonds is 7. The highest BCUT2D eigenvalue weighted by molar-refractivity contribution is 5.89. The Morgan fingerprint density at radius 2 is 2.06 bits per heavy atom. The molecule has 1 saturated carbocycles. The Morgan fingerprint density at radius 3 is 2.88 bits per heavy atom. The largest absolute Gasteiger partial charge is 0.331 e. The van der Waals surface area contributed by atoms with Gasteiger partial charge in [0, 0.05) is 30.6 Å². The number of Topliss-reactive ketones (excluding diaryl/α,β-unsaturated/α-hetero) is 1. The van der Waals surface area contributed by atoms with E-state index in [1.54, 1.807) is 6.07 Å². The molecule has 1 aliphatic heterocycles. The summed E-state index contributed by atoms with van der Waals surface area (Å²) in [4.78, 5) is 33.0. The lowest BCUT2D eigenvalue weighted by molar-refractivity contribution is -0.119. The highest BCUT2D eigenvalue weighted by Crippen LogP contribution is 2.38. The summed E-state index contributed by atoms with van der Waals surface area (Å²) < 4.78 is 13.1. The van der Waals surface area contributed by atoms with Crippen molar-refractivity contribution in [3.63, 3.8) is 0 Å². The molecule has 3 aromatic rings. The van der Waals surface area contributed by atoms with Gasteiger partial charge in [-0.1, -0.05) is 6.07 Å². The van der Waals surface area contributed by atoms with Crippen LogP contribution in [0.25, 0.3) is 0 Å². The van der Waals surface area contributed by atoms with Gasteiger partial charge in [-0.25, -0.2) is 9.97 Å². The summed E-state index contributed by atoms with van der Waals surface area (Å²) in [5.41, 5.74) is 2.85. The minimum atomic E-state index is -0.545. The molecular weight excluding hydrogens is 423 g/mol. The molecule has 6 rings (SSSR count). The summed E-state index contributed by atoms with van der Waals surface area (Å²) >= 11 is 0. The third-order valence-corrected chi connectivity index (χ3v) is 6.67. The van der Waals surface area contributed by atoms with E-state index in [0.29, 0.717) is 23.4 Å². The quantitative estimate of drug-likeness (QED) is 0.531. The Bertz CT molecular complexity index is 1190. The molecule has 33 heavy (non-hydrogen) atoms. The van der Waals surface area contributed by atoms with E-state index in [4.69, 9.17) is 9.97 Å². The fourth-order valence-electron chi connectivity index (χ4n) is 4.80. The predicted molar refractivity (Wildman–Crippen MR) is 119 cm³/mol. The van der Waals surface area contributed by atoms with Crippen molar-refractivity contribution in [1.82, 2.24) is 30.1 Å². The van der Waals surface area contributed by atoms with Gasteiger partial charge in [0.25, 0.3) is 0 Å². The number of anilines is 3. The van der Waals surface area contributed by atoms with Crippen molar-refractivity contribution in [3.8, 4) is 0 Å². The van der Waals surface area contributed by atoms with E-state index in [1.165, 1.54) is 12.3 Å². The Kier molecular flexibility index (Phi) is 5.00. The zero-order valence-corrected chi connectivity index (χ0v) is 18.2. The van der Waals surface area contributed by atoms with E-state index in [9.17, 15) is 9.18 Å². The molecule has 0 spiro atoms. The normalized spacial score (nSPS) is 19.7. The Labute approximate surface area is 190 Å². The topological polar surface area (TPSA) is 113 Å². The van der Waals surface area contributed by atoms with Gasteiger partial charge in [-0.15, -0.1) is 5.10 Å². The third kappa shape index (κ3) is 4.05. The first-order chi connectivity index (χ1) is 16.1. The van der Waals surface area contributed by atoms with Crippen LogP contribution in [0.1, 0.15) is 60.7 Å². The van der Waals surface area contributed by atoms with Crippen LogP contribution in [0.2, 0.25) is 0 Å².